The zero-order valence-corrected chi connectivity index (χ0v) is 16.8. The number of methoxy groups -OCH3 is 1. The van der Waals surface area contributed by atoms with Gasteiger partial charge in [0.25, 0.3) is 5.91 Å². The predicted molar refractivity (Wildman–Crippen MR) is 111 cm³/mol. The van der Waals surface area contributed by atoms with E-state index in [0.29, 0.717) is 36.9 Å². The highest BCUT2D eigenvalue weighted by Gasteiger charge is 2.09. The number of phenolic OH excluding ortho intramolecular Hbond substituents is 1. The average Bonchev–Trinajstić information content (AvgIpc) is 2.70. The van der Waals surface area contributed by atoms with Crippen LogP contribution in [0.4, 0.5) is 0 Å². The highest BCUT2D eigenvalue weighted by atomic mass is 16.5. The second-order valence-corrected chi connectivity index (χ2v) is 6.41. The highest BCUT2D eigenvalue weighted by Crippen LogP contribution is 2.29. The third-order valence-electron chi connectivity index (χ3n) is 4.12. The van der Waals surface area contributed by atoms with Crippen molar-refractivity contribution in [1.82, 2.24) is 15.5 Å². The van der Waals surface area contributed by atoms with Crippen LogP contribution in [-0.2, 0) is 13.1 Å². The average molecular weight is 384 g/mol. The standard InChI is InChI=1S/C21H28N4O3/c1-5-22-21(24-14-17-7-6-8-18(28-4)19(17)26)23-13-15-9-11-16(12-10-15)20(27)25(2)3/h6-12,26H,5,13-14H2,1-4H3,(H2,22,23,24). The Hall–Kier alpha value is -3.22. The van der Waals surface area contributed by atoms with Gasteiger partial charge in [-0.15, -0.1) is 0 Å². The molecule has 1 amide bonds. The second-order valence-electron chi connectivity index (χ2n) is 6.41. The number of para-hydroxylation sites is 1. The molecule has 3 N–H and O–H groups in total. The molecule has 0 bridgehead atoms. The lowest BCUT2D eigenvalue weighted by Crippen LogP contribution is -2.36. The minimum Gasteiger partial charge on any atom is -0.504 e. The molecule has 0 atom stereocenters. The Bertz CT molecular complexity index is 817. The van der Waals surface area contributed by atoms with Crippen molar-refractivity contribution in [3.8, 4) is 11.5 Å². The molecule has 2 aromatic rings. The van der Waals surface area contributed by atoms with Crippen LogP contribution in [-0.4, -0.2) is 49.6 Å². The van der Waals surface area contributed by atoms with Gasteiger partial charge in [-0.1, -0.05) is 24.3 Å². The van der Waals surface area contributed by atoms with E-state index in [4.69, 9.17) is 4.74 Å². The molecule has 2 aromatic carbocycles. The third-order valence-corrected chi connectivity index (χ3v) is 4.12. The summed E-state index contributed by atoms with van der Waals surface area (Å²) in [7, 11) is 4.99. The van der Waals surface area contributed by atoms with Gasteiger partial charge in [0, 0.05) is 38.3 Å². The Labute approximate surface area is 166 Å². The summed E-state index contributed by atoms with van der Waals surface area (Å²) in [6.07, 6.45) is 0. The van der Waals surface area contributed by atoms with Crippen LogP contribution in [0.1, 0.15) is 28.4 Å². The molecule has 0 aliphatic carbocycles. The van der Waals surface area contributed by atoms with Gasteiger partial charge in [-0.25, -0.2) is 4.99 Å². The maximum absolute atomic E-state index is 11.9. The molecule has 0 radical (unpaired) electrons. The van der Waals surface area contributed by atoms with Crippen molar-refractivity contribution in [3.05, 3.63) is 59.2 Å². The van der Waals surface area contributed by atoms with Crippen LogP contribution in [0.5, 0.6) is 11.5 Å². The van der Waals surface area contributed by atoms with Crippen molar-refractivity contribution in [2.75, 3.05) is 27.7 Å². The molecule has 0 spiro atoms. The van der Waals surface area contributed by atoms with Crippen LogP contribution >= 0.6 is 0 Å². The van der Waals surface area contributed by atoms with Gasteiger partial charge in [0.1, 0.15) is 0 Å². The quantitative estimate of drug-likeness (QED) is 0.504. The number of nitrogens with one attached hydrogen (secondary N) is 2. The summed E-state index contributed by atoms with van der Waals surface area (Å²) in [6.45, 7) is 3.58. The summed E-state index contributed by atoms with van der Waals surface area (Å²) >= 11 is 0. The lowest BCUT2D eigenvalue weighted by Gasteiger charge is -2.13. The van der Waals surface area contributed by atoms with Crippen molar-refractivity contribution in [1.29, 1.82) is 0 Å². The maximum Gasteiger partial charge on any atom is 0.253 e. The zero-order valence-electron chi connectivity index (χ0n) is 16.8. The minimum atomic E-state index is -0.0249. The Morgan fingerprint density at radius 2 is 1.86 bits per heavy atom. The van der Waals surface area contributed by atoms with E-state index in [1.807, 2.05) is 43.3 Å². The number of phenols is 1. The normalized spacial score (nSPS) is 11.1. The van der Waals surface area contributed by atoms with Gasteiger partial charge < -0.3 is 25.4 Å². The fourth-order valence-electron chi connectivity index (χ4n) is 2.58. The van der Waals surface area contributed by atoms with Crippen molar-refractivity contribution >= 4 is 11.9 Å². The molecule has 150 valence electrons. The molecule has 0 aromatic heterocycles. The smallest absolute Gasteiger partial charge is 0.253 e. The molecular formula is C21H28N4O3. The molecule has 2 rings (SSSR count). The van der Waals surface area contributed by atoms with Crippen LogP contribution in [0.25, 0.3) is 0 Å². The SMILES string of the molecule is CCNC(=NCc1ccc(C(=O)N(C)C)cc1)NCc1cccc(OC)c1O. The summed E-state index contributed by atoms with van der Waals surface area (Å²) in [5, 5.41) is 16.6. The molecule has 0 aliphatic heterocycles. The van der Waals surface area contributed by atoms with E-state index >= 15 is 0 Å². The van der Waals surface area contributed by atoms with E-state index < -0.39 is 0 Å². The van der Waals surface area contributed by atoms with Gasteiger partial charge in [-0.2, -0.15) is 0 Å². The van der Waals surface area contributed by atoms with Gasteiger partial charge in [0.2, 0.25) is 0 Å². The zero-order chi connectivity index (χ0) is 20.5. The summed E-state index contributed by atoms with van der Waals surface area (Å²) in [5.41, 5.74) is 2.37. The fraction of sp³-hybridized carbons (Fsp3) is 0.333. The molecule has 0 heterocycles. The largest absolute Gasteiger partial charge is 0.504 e. The summed E-state index contributed by atoms with van der Waals surface area (Å²) in [4.78, 5) is 18.1. The topological polar surface area (TPSA) is 86.2 Å². The number of aliphatic imine (C=N–C) groups is 1. The van der Waals surface area contributed by atoms with E-state index in [2.05, 4.69) is 15.6 Å². The number of ether oxygens (including phenoxy) is 1. The number of hydrogen-bond acceptors (Lipinski definition) is 4. The van der Waals surface area contributed by atoms with Crippen LogP contribution in [0, 0.1) is 0 Å². The van der Waals surface area contributed by atoms with E-state index in [-0.39, 0.29) is 11.7 Å². The lowest BCUT2D eigenvalue weighted by molar-refractivity contribution is 0.0827. The number of rotatable bonds is 7. The van der Waals surface area contributed by atoms with Gasteiger partial charge in [0.15, 0.2) is 17.5 Å². The maximum atomic E-state index is 11.9. The van der Waals surface area contributed by atoms with Crippen LogP contribution < -0.4 is 15.4 Å². The van der Waals surface area contributed by atoms with E-state index in [0.717, 1.165) is 11.1 Å². The second kappa shape index (κ2) is 10.2. The number of amides is 1. The van der Waals surface area contributed by atoms with Crippen LogP contribution in [0.2, 0.25) is 0 Å². The molecule has 7 heteroatoms. The molecule has 0 saturated heterocycles. The molecule has 0 unspecified atom stereocenters. The molecular weight excluding hydrogens is 356 g/mol. The number of hydrogen-bond donors (Lipinski definition) is 3. The third kappa shape index (κ3) is 5.64. The summed E-state index contributed by atoms with van der Waals surface area (Å²) in [5.74, 6) is 1.17. The Morgan fingerprint density at radius 3 is 2.46 bits per heavy atom. The molecule has 0 saturated carbocycles. The summed E-state index contributed by atoms with van der Waals surface area (Å²) < 4.78 is 5.14. The van der Waals surface area contributed by atoms with Crippen LogP contribution in [0.3, 0.4) is 0 Å². The first kappa shape index (κ1) is 21.1. The fourth-order valence-corrected chi connectivity index (χ4v) is 2.58. The molecule has 28 heavy (non-hydrogen) atoms. The minimum absolute atomic E-state index is 0.0249. The number of guanidine groups is 1. The van der Waals surface area contributed by atoms with Gasteiger partial charge >= 0.3 is 0 Å². The van der Waals surface area contributed by atoms with Crippen molar-refractivity contribution < 1.29 is 14.6 Å². The Kier molecular flexibility index (Phi) is 7.68. The Morgan fingerprint density at radius 1 is 1.14 bits per heavy atom. The van der Waals surface area contributed by atoms with Crippen molar-refractivity contribution in [2.24, 2.45) is 4.99 Å². The van der Waals surface area contributed by atoms with Gasteiger partial charge in [-0.05, 0) is 30.7 Å². The van der Waals surface area contributed by atoms with Crippen molar-refractivity contribution in [2.45, 2.75) is 20.0 Å². The lowest BCUT2D eigenvalue weighted by atomic mass is 10.1. The first-order valence-corrected chi connectivity index (χ1v) is 9.13. The Balaban J connectivity index is 2.03. The molecule has 0 aliphatic rings. The monoisotopic (exact) mass is 384 g/mol. The number of carbonyl (C=O) groups excluding carboxylic acids is 1. The predicted octanol–water partition coefficient (Wildman–Crippen LogP) is 2.36. The first-order valence-electron chi connectivity index (χ1n) is 9.13. The van der Waals surface area contributed by atoms with E-state index in [1.165, 1.54) is 7.11 Å². The highest BCUT2D eigenvalue weighted by molar-refractivity contribution is 5.93. The number of nitrogens with zero attached hydrogens (tertiary/aromatic N) is 2. The number of aromatic hydroxyl groups is 1. The summed E-state index contributed by atoms with van der Waals surface area (Å²) in [6, 6.07) is 12.8. The number of carbonyl (C=O) groups is 1. The number of benzene rings is 2. The van der Waals surface area contributed by atoms with Crippen LogP contribution in [0.15, 0.2) is 47.5 Å². The molecule has 7 nitrogen and oxygen atoms in total. The van der Waals surface area contributed by atoms with Crippen molar-refractivity contribution in [3.63, 3.8) is 0 Å². The van der Waals surface area contributed by atoms with E-state index in [9.17, 15) is 9.90 Å². The molecule has 0 fully saturated rings. The van der Waals surface area contributed by atoms with Gasteiger partial charge in [-0.3, -0.25) is 4.79 Å². The van der Waals surface area contributed by atoms with E-state index in [1.54, 1.807) is 25.1 Å². The first-order chi connectivity index (χ1) is 13.5. The van der Waals surface area contributed by atoms with Gasteiger partial charge in [0.05, 0.1) is 13.7 Å².